The van der Waals surface area contributed by atoms with E-state index in [1.165, 1.54) is 12.1 Å². The minimum Gasteiger partial charge on any atom is -0.490 e. The monoisotopic (exact) mass is 448 g/mol. The quantitative estimate of drug-likeness (QED) is 0.515. The first kappa shape index (κ1) is 22.3. The molecule has 2 amide bonds. The summed E-state index contributed by atoms with van der Waals surface area (Å²) in [5.41, 5.74) is 0.514. The van der Waals surface area contributed by atoms with Gasteiger partial charge in [0, 0.05) is 26.2 Å². The van der Waals surface area contributed by atoms with Crippen molar-refractivity contribution in [3.05, 3.63) is 95.8 Å². The van der Waals surface area contributed by atoms with E-state index in [1.54, 1.807) is 40.1 Å². The first-order chi connectivity index (χ1) is 16.1. The van der Waals surface area contributed by atoms with Gasteiger partial charge in [0.2, 0.25) is 0 Å². The highest BCUT2D eigenvalue weighted by Gasteiger charge is 2.27. The molecule has 1 aliphatic heterocycles. The number of carbonyl (C=O) groups excluding carboxylic acids is 2. The van der Waals surface area contributed by atoms with Crippen molar-refractivity contribution in [1.82, 2.24) is 9.80 Å². The first-order valence-electron chi connectivity index (χ1n) is 10.9. The van der Waals surface area contributed by atoms with Crippen molar-refractivity contribution in [1.29, 1.82) is 0 Å². The maximum atomic E-state index is 14.0. The SMILES string of the molecule is O=C(c1ccccc1F)N1CCN(C(=O)c2ccccc2OCCOc2ccccc2)CC1. The van der Waals surface area contributed by atoms with E-state index in [0.717, 1.165) is 5.75 Å². The van der Waals surface area contributed by atoms with E-state index in [-0.39, 0.29) is 17.4 Å². The van der Waals surface area contributed by atoms with E-state index in [1.807, 2.05) is 36.4 Å². The first-order valence-corrected chi connectivity index (χ1v) is 10.9. The molecule has 1 saturated heterocycles. The molecule has 3 aromatic carbocycles. The molecule has 170 valence electrons. The number of hydrogen-bond acceptors (Lipinski definition) is 4. The molecule has 1 fully saturated rings. The summed E-state index contributed by atoms with van der Waals surface area (Å²) in [7, 11) is 0. The number of rotatable bonds is 7. The van der Waals surface area contributed by atoms with Gasteiger partial charge in [-0.25, -0.2) is 4.39 Å². The summed E-state index contributed by atoms with van der Waals surface area (Å²) in [5.74, 6) is 0.190. The third-order valence-corrected chi connectivity index (χ3v) is 5.43. The highest BCUT2D eigenvalue weighted by Crippen LogP contribution is 2.21. The Kier molecular flexibility index (Phi) is 7.19. The zero-order valence-corrected chi connectivity index (χ0v) is 18.2. The summed E-state index contributed by atoms with van der Waals surface area (Å²) in [4.78, 5) is 29.0. The Morgan fingerprint density at radius 2 is 1.18 bits per heavy atom. The largest absolute Gasteiger partial charge is 0.490 e. The minimum absolute atomic E-state index is 0.0498. The van der Waals surface area contributed by atoms with Gasteiger partial charge in [0.1, 0.15) is 30.5 Å². The summed E-state index contributed by atoms with van der Waals surface area (Å²) in [6.45, 7) is 2.06. The molecule has 0 spiro atoms. The lowest BCUT2D eigenvalue weighted by Crippen LogP contribution is -2.50. The van der Waals surface area contributed by atoms with Gasteiger partial charge >= 0.3 is 0 Å². The van der Waals surface area contributed by atoms with Gasteiger partial charge in [-0.15, -0.1) is 0 Å². The van der Waals surface area contributed by atoms with Gasteiger partial charge in [0.25, 0.3) is 11.8 Å². The van der Waals surface area contributed by atoms with Crippen LogP contribution >= 0.6 is 0 Å². The van der Waals surface area contributed by atoms with Gasteiger partial charge in [-0.05, 0) is 36.4 Å². The van der Waals surface area contributed by atoms with Crippen molar-refractivity contribution >= 4 is 11.8 Å². The summed E-state index contributed by atoms with van der Waals surface area (Å²) in [5, 5.41) is 0. The highest BCUT2D eigenvalue weighted by atomic mass is 19.1. The summed E-state index contributed by atoms with van der Waals surface area (Å²) >= 11 is 0. The van der Waals surface area contributed by atoms with Crippen LogP contribution in [0.2, 0.25) is 0 Å². The Bertz CT molecular complexity index is 1100. The van der Waals surface area contributed by atoms with Crippen LogP contribution in [0.1, 0.15) is 20.7 Å². The second-order valence-corrected chi connectivity index (χ2v) is 7.57. The molecule has 33 heavy (non-hydrogen) atoms. The van der Waals surface area contributed by atoms with E-state index in [4.69, 9.17) is 9.47 Å². The normalized spacial score (nSPS) is 13.5. The predicted molar refractivity (Wildman–Crippen MR) is 122 cm³/mol. The van der Waals surface area contributed by atoms with Crippen LogP contribution in [0.4, 0.5) is 4.39 Å². The molecule has 0 saturated carbocycles. The fourth-order valence-electron chi connectivity index (χ4n) is 3.69. The minimum atomic E-state index is -0.539. The average Bonchev–Trinajstić information content (AvgIpc) is 2.87. The zero-order valence-electron chi connectivity index (χ0n) is 18.2. The van der Waals surface area contributed by atoms with Crippen LogP contribution in [0, 0.1) is 5.82 Å². The summed E-state index contributed by atoms with van der Waals surface area (Å²) in [6, 6.07) is 22.5. The molecule has 0 N–H and O–H groups in total. The summed E-state index contributed by atoms with van der Waals surface area (Å²) < 4.78 is 25.4. The highest BCUT2D eigenvalue weighted by molar-refractivity contribution is 5.97. The standard InChI is InChI=1S/C26H25FN2O4/c27-23-12-6-4-10-21(23)25(30)28-14-16-29(17-15-28)26(31)22-11-5-7-13-24(22)33-19-18-32-20-8-2-1-3-9-20/h1-13H,14-19H2. The van der Waals surface area contributed by atoms with Crippen LogP contribution in [0.5, 0.6) is 11.5 Å². The lowest BCUT2D eigenvalue weighted by Gasteiger charge is -2.35. The fraction of sp³-hybridized carbons (Fsp3) is 0.231. The Balaban J connectivity index is 1.32. The van der Waals surface area contributed by atoms with E-state index >= 15 is 0 Å². The molecule has 1 heterocycles. The number of carbonyl (C=O) groups is 2. The van der Waals surface area contributed by atoms with Crippen molar-refractivity contribution < 1.29 is 23.5 Å². The maximum Gasteiger partial charge on any atom is 0.257 e. The van der Waals surface area contributed by atoms with Crippen LogP contribution in [-0.2, 0) is 0 Å². The number of benzene rings is 3. The Morgan fingerprint density at radius 3 is 1.85 bits per heavy atom. The van der Waals surface area contributed by atoms with Crippen LogP contribution in [0.3, 0.4) is 0 Å². The molecule has 0 aliphatic carbocycles. The van der Waals surface area contributed by atoms with Gasteiger partial charge < -0.3 is 19.3 Å². The average molecular weight is 448 g/mol. The molecular weight excluding hydrogens is 423 g/mol. The Hall–Kier alpha value is -3.87. The number of piperazine rings is 1. The van der Waals surface area contributed by atoms with Crippen LogP contribution in [0.25, 0.3) is 0 Å². The second kappa shape index (κ2) is 10.6. The van der Waals surface area contributed by atoms with Crippen molar-refractivity contribution in [2.24, 2.45) is 0 Å². The number of halogens is 1. The van der Waals surface area contributed by atoms with Crippen LogP contribution in [0.15, 0.2) is 78.9 Å². The number of hydrogen-bond donors (Lipinski definition) is 0. The predicted octanol–water partition coefficient (Wildman–Crippen LogP) is 3.88. The number of nitrogens with zero attached hydrogens (tertiary/aromatic N) is 2. The number of para-hydroxylation sites is 2. The van der Waals surface area contributed by atoms with E-state index < -0.39 is 5.82 Å². The van der Waals surface area contributed by atoms with E-state index in [2.05, 4.69) is 0 Å². The molecular formula is C26H25FN2O4. The molecule has 1 aliphatic rings. The lowest BCUT2D eigenvalue weighted by atomic mass is 10.1. The molecule has 0 aromatic heterocycles. The number of ether oxygens (including phenoxy) is 2. The molecule has 0 bridgehead atoms. The Morgan fingerprint density at radius 1 is 0.667 bits per heavy atom. The third kappa shape index (κ3) is 5.49. The topological polar surface area (TPSA) is 59.1 Å². The third-order valence-electron chi connectivity index (χ3n) is 5.43. The number of amides is 2. The van der Waals surface area contributed by atoms with Gasteiger partial charge in [0.15, 0.2) is 0 Å². The molecule has 0 radical (unpaired) electrons. The van der Waals surface area contributed by atoms with Crippen LogP contribution < -0.4 is 9.47 Å². The molecule has 3 aromatic rings. The van der Waals surface area contributed by atoms with Crippen molar-refractivity contribution in [2.45, 2.75) is 0 Å². The van der Waals surface area contributed by atoms with Gasteiger partial charge in [-0.3, -0.25) is 9.59 Å². The van der Waals surface area contributed by atoms with Gasteiger partial charge in [-0.1, -0.05) is 42.5 Å². The molecule has 0 unspecified atom stereocenters. The van der Waals surface area contributed by atoms with Crippen LogP contribution in [-0.4, -0.2) is 61.0 Å². The summed E-state index contributed by atoms with van der Waals surface area (Å²) in [6.07, 6.45) is 0. The smallest absolute Gasteiger partial charge is 0.257 e. The molecule has 4 rings (SSSR count). The molecule has 0 atom stereocenters. The maximum absolute atomic E-state index is 14.0. The second-order valence-electron chi connectivity index (χ2n) is 7.57. The zero-order chi connectivity index (χ0) is 23.0. The van der Waals surface area contributed by atoms with E-state index in [9.17, 15) is 14.0 Å². The van der Waals surface area contributed by atoms with E-state index in [0.29, 0.717) is 50.7 Å². The molecule has 7 heteroatoms. The van der Waals surface area contributed by atoms with Crippen molar-refractivity contribution in [3.63, 3.8) is 0 Å². The lowest BCUT2D eigenvalue weighted by molar-refractivity contribution is 0.0530. The fourth-order valence-corrected chi connectivity index (χ4v) is 3.69. The Labute approximate surface area is 192 Å². The van der Waals surface area contributed by atoms with Gasteiger partial charge in [-0.2, -0.15) is 0 Å². The van der Waals surface area contributed by atoms with Crippen molar-refractivity contribution in [2.75, 3.05) is 39.4 Å². The van der Waals surface area contributed by atoms with Gasteiger partial charge in [0.05, 0.1) is 11.1 Å². The molecule has 6 nitrogen and oxygen atoms in total. The van der Waals surface area contributed by atoms with Crippen molar-refractivity contribution in [3.8, 4) is 11.5 Å².